The van der Waals surface area contributed by atoms with Crippen LogP contribution in [0.3, 0.4) is 0 Å². The van der Waals surface area contributed by atoms with E-state index in [1.54, 1.807) is 12.1 Å². The molecular formula is C10H10N4O4S2. The lowest BCUT2D eigenvalue weighted by atomic mass is 10.4. The van der Waals surface area contributed by atoms with Crippen LogP contribution in [0.5, 0.6) is 0 Å². The van der Waals surface area contributed by atoms with Gasteiger partial charge in [-0.1, -0.05) is 0 Å². The summed E-state index contributed by atoms with van der Waals surface area (Å²) < 4.78 is 30.8. The third-order valence-electron chi connectivity index (χ3n) is 2.23. The summed E-state index contributed by atoms with van der Waals surface area (Å²) in [6.45, 7) is -0.0330. The van der Waals surface area contributed by atoms with Crippen molar-refractivity contribution in [3.63, 3.8) is 0 Å². The number of sulfonamides is 1. The third-order valence-corrected chi connectivity index (χ3v) is 5.00. The molecule has 1 N–H and O–H groups in total. The number of ether oxygens (including phenoxy) is 1. The van der Waals surface area contributed by atoms with Gasteiger partial charge in [-0.3, -0.25) is 0 Å². The Kier molecular flexibility index (Phi) is 4.37. The molecule has 0 aliphatic heterocycles. The van der Waals surface area contributed by atoms with Crippen LogP contribution in [0.15, 0.2) is 28.0 Å². The Morgan fingerprint density at radius 3 is 2.95 bits per heavy atom. The van der Waals surface area contributed by atoms with Gasteiger partial charge in [0, 0.05) is 6.20 Å². The number of thiazole rings is 1. The van der Waals surface area contributed by atoms with Crippen LogP contribution in [0, 0.1) is 0 Å². The fourth-order valence-corrected chi connectivity index (χ4v) is 3.49. The van der Waals surface area contributed by atoms with Gasteiger partial charge in [-0.15, -0.1) is 11.3 Å². The van der Waals surface area contributed by atoms with Crippen molar-refractivity contribution in [1.82, 2.24) is 19.9 Å². The van der Waals surface area contributed by atoms with Crippen LogP contribution in [0.1, 0.15) is 16.2 Å². The summed E-state index contributed by atoms with van der Waals surface area (Å²) in [5.74, 6) is -0.800. The van der Waals surface area contributed by atoms with Crippen molar-refractivity contribution in [2.45, 2.75) is 10.8 Å². The first-order chi connectivity index (χ1) is 9.54. The van der Waals surface area contributed by atoms with Gasteiger partial charge in [-0.2, -0.15) is 10.2 Å². The van der Waals surface area contributed by atoms with Gasteiger partial charge >= 0.3 is 5.97 Å². The highest BCUT2D eigenvalue weighted by Crippen LogP contribution is 2.20. The Balaban J connectivity index is 2.19. The molecular weight excluding hydrogens is 304 g/mol. The number of methoxy groups -OCH3 is 1. The number of rotatable bonds is 5. The lowest BCUT2D eigenvalue weighted by Crippen LogP contribution is -2.25. The second kappa shape index (κ2) is 6.03. The van der Waals surface area contributed by atoms with E-state index in [-0.39, 0.29) is 16.4 Å². The Morgan fingerprint density at radius 1 is 1.50 bits per heavy atom. The monoisotopic (exact) mass is 314 g/mol. The second-order valence-electron chi connectivity index (χ2n) is 3.52. The lowest BCUT2D eigenvalue weighted by molar-refractivity contribution is 0.0590. The van der Waals surface area contributed by atoms with Crippen LogP contribution in [0.2, 0.25) is 0 Å². The number of carbonyl (C=O) groups is 1. The van der Waals surface area contributed by atoms with Crippen LogP contribution in [0.4, 0.5) is 0 Å². The molecule has 2 aromatic rings. The second-order valence-corrected chi connectivity index (χ2v) is 6.34. The normalized spacial score (nSPS) is 11.2. The van der Waals surface area contributed by atoms with E-state index in [2.05, 4.69) is 24.6 Å². The number of carbonyl (C=O) groups excluding carboxylic acids is 1. The molecule has 0 amide bonds. The topological polar surface area (TPSA) is 111 Å². The molecule has 0 spiro atoms. The third kappa shape index (κ3) is 3.15. The molecule has 8 nitrogen and oxygen atoms in total. The van der Waals surface area contributed by atoms with Crippen molar-refractivity contribution >= 4 is 27.3 Å². The summed E-state index contributed by atoms with van der Waals surface area (Å²) in [7, 11) is -2.71. The van der Waals surface area contributed by atoms with Crippen molar-refractivity contribution in [3.8, 4) is 0 Å². The van der Waals surface area contributed by atoms with Crippen molar-refractivity contribution in [2.75, 3.05) is 7.11 Å². The molecule has 20 heavy (non-hydrogen) atoms. The van der Waals surface area contributed by atoms with E-state index in [0.717, 1.165) is 18.4 Å². The fraction of sp³-hybridized carbons (Fsp3) is 0.200. The maximum Gasteiger partial charge on any atom is 0.358 e. The summed E-state index contributed by atoms with van der Waals surface area (Å²) >= 11 is 0.837. The molecule has 0 bridgehead atoms. The highest BCUT2D eigenvalue weighted by Gasteiger charge is 2.26. The van der Waals surface area contributed by atoms with Gasteiger partial charge in [0.2, 0.25) is 0 Å². The molecule has 10 heteroatoms. The van der Waals surface area contributed by atoms with E-state index in [4.69, 9.17) is 0 Å². The number of hydrogen-bond donors (Lipinski definition) is 1. The molecule has 0 radical (unpaired) electrons. The minimum absolute atomic E-state index is 0.0330. The highest BCUT2D eigenvalue weighted by molar-refractivity contribution is 7.91. The maximum absolute atomic E-state index is 12.1. The summed E-state index contributed by atoms with van der Waals surface area (Å²) in [6, 6.07) is 3.27. The van der Waals surface area contributed by atoms with Crippen LogP contribution in [-0.4, -0.2) is 36.7 Å². The summed E-state index contributed by atoms with van der Waals surface area (Å²) in [4.78, 5) is 15.1. The van der Waals surface area contributed by atoms with E-state index in [1.165, 1.54) is 11.7 Å². The fourth-order valence-electron chi connectivity index (χ4n) is 1.32. The maximum atomic E-state index is 12.1. The van der Waals surface area contributed by atoms with Gasteiger partial charge < -0.3 is 4.74 Å². The molecule has 2 aromatic heterocycles. The van der Waals surface area contributed by atoms with E-state index in [1.807, 2.05) is 0 Å². The molecule has 0 atom stereocenters. The van der Waals surface area contributed by atoms with E-state index in [0.29, 0.717) is 5.69 Å². The van der Waals surface area contributed by atoms with Crippen LogP contribution < -0.4 is 4.72 Å². The average Bonchev–Trinajstić information content (AvgIpc) is 2.96. The van der Waals surface area contributed by atoms with E-state index in [9.17, 15) is 13.2 Å². The SMILES string of the molecule is COC(=O)c1ncsc1S(=O)(=O)NCc1cccnn1. The van der Waals surface area contributed by atoms with Crippen molar-refractivity contribution < 1.29 is 17.9 Å². The standard InChI is InChI=1S/C10H10N4O4S2/c1-18-9(15)8-10(19-6-11-8)20(16,17)13-5-7-3-2-4-12-14-7/h2-4,6,13H,5H2,1H3. The molecule has 0 aliphatic rings. The number of esters is 1. The Bertz CT molecular complexity index is 699. The van der Waals surface area contributed by atoms with Gasteiger partial charge in [-0.25, -0.2) is 22.9 Å². The first-order valence-electron chi connectivity index (χ1n) is 5.32. The highest BCUT2D eigenvalue weighted by atomic mass is 32.2. The minimum atomic E-state index is -3.86. The number of nitrogens with zero attached hydrogens (tertiary/aromatic N) is 3. The number of aromatic nitrogens is 3. The zero-order valence-electron chi connectivity index (χ0n) is 10.3. The smallest absolute Gasteiger partial charge is 0.358 e. The summed E-state index contributed by atoms with van der Waals surface area (Å²) in [5.41, 5.74) is 1.49. The molecule has 0 saturated carbocycles. The van der Waals surface area contributed by atoms with E-state index < -0.39 is 16.0 Å². The van der Waals surface area contributed by atoms with Gasteiger partial charge in [0.1, 0.15) is 0 Å². The first kappa shape index (κ1) is 14.5. The molecule has 0 unspecified atom stereocenters. The molecule has 0 saturated heterocycles. The van der Waals surface area contributed by atoms with E-state index >= 15 is 0 Å². The molecule has 0 aromatic carbocycles. The van der Waals surface area contributed by atoms with Gasteiger partial charge in [0.15, 0.2) is 9.90 Å². The Morgan fingerprint density at radius 2 is 2.30 bits per heavy atom. The van der Waals surface area contributed by atoms with Gasteiger partial charge in [0.25, 0.3) is 10.0 Å². The minimum Gasteiger partial charge on any atom is -0.464 e. The Labute approximate surface area is 118 Å². The van der Waals surface area contributed by atoms with Crippen LogP contribution >= 0.6 is 11.3 Å². The Hall–Kier alpha value is -1.91. The molecule has 106 valence electrons. The molecule has 0 fully saturated rings. The largest absolute Gasteiger partial charge is 0.464 e. The summed E-state index contributed by atoms with van der Waals surface area (Å²) in [6.07, 6.45) is 1.48. The predicted molar refractivity (Wildman–Crippen MR) is 69.5 cm³/mol. The van der Waals surface area contributed by atoms with Gasteiger partial charge in [-0.05, 0) is 12.1 Å². The number of hydrogen-bond acceptors (Lipinski definition) is 8. The van der Waals surface area contributed by atoms with Crippen molar-refractivity contribution in [3.05, 3.63) is 35.2 Å². The predicted octanol–water partition coefficient (Wildman–Crippen LogP) is 0.198. The van der Waals surface area contributed by atoms with Gasteiger partial charge in [0.05, 0.1) is 24.9 Å². The quantitative estimate of drug-likeness (QED) is 0.784. The van der Waals surface area contributed by atoms with Crippen molar-refractivity contribution in [2.24, 2.45) is 0 Å². The molecule has 2 heterocycles. The zero-order chi connectivity index (χ0) is 14.6. The zero-order valence-corrected chi connectivity index (χ0v) is 11.9. The van der Waals surface area contributed by atoms with Crippen molar-refractivity contribution in [1.29, 1.82) is 0 Å². The molecule has 2 rings (SSSR count). The summed E-state index contributed by atoms with van der Waals surface area (Å²) in [5, 5.41) is 7.39. The van der Waals surface area contributed by atoms with Crippen LogP contribution in [-0.2, 0) is 21.3 Å². The lowest BCUT2D eigenvalue weighted by Gasteiger charge is -2.05. The first-order valence-corrected chi connectivity index (χ1v) is 7.69. The number of nitrogens with one attached hydrogen (secondary N) is 1. The molecule has 0 aliphatic carbocycles. The van der Waals surface area contributed by atoms with Crippen LogP contribution in [0.25, 0.3) is 0 Å². The average molecular weight is 314 g/mol.